The fourth-order valence-electron chi connectivity index (χ4n) is 2.82. The third-order valence-electron chi connectivity index (χ3n) is 4.63. The Kier molecular flexibility index (Phi) is 7.68. The van der Waals surface area contributed by atoms with Crippen molar-refractivity contribution in [3.63, 3.8) is 0 Å². The first-order valence-electron chi connectivity index (χ1n) is 9.80. The van der Waals surface area contributed by atoms with Crippen LogP contribution >= 0.6 is 0 Å². The van der Waals surface area contributed by atoms with Crippen LogP contribution in [0.15, 0.2) is 24.3 Å². The van der Waals surface area contributed by atoms with Crippen molar-refractivity contribution in [2.24, 2.45) is 5.92 Å². The molecule has 9 nitrogen and oxygen atoms in total. The highest BCUT2D eigenvalue weighted by Crippen LogP contribution is 2.14. The molecule has 9 heteroatoms. The van der Waals surface area contributed by atoms with Crippen LogP contribution in [0, 0.1) is 5.92 Å². The first-order valence-corrected chi connectivity index (χ1v) is 9.80. The first kappa shape index (κ1) is 23.1. The van der Waals surface area contributed by atoms with Crippen LogP contribution < -0.4 is 5.32 Å². The van der Waals surface area contributed by atoms with Crippen LogP contribution in [0.1, 0.15) is 44.0 Å². The predicted molar refractivity (Wildman–Crippen MR) is 109 cm³/mol. The maximum atomic E-state index is 12.5. The molecular formula is C21H27N3O6. The molecule has 0 unspecified atom stereocenters. The zero-order valence-electron chi connectivity index (χ0n) is 17.6. The van der Waals surface area contributed by atoms with Crippen LogP contribution in [0.25, 0.3) is 0 Å². The zero-order valence-corrected chi connectivity index (χ0v) is 17.6. The van der Waals surface area contributed by atoms with E-state index in [1.165, 1.54) is 18.9 Å². The van der Waals surface area contributed by atoms with Gasteiger partial charge in [-0.1, -0.05) is 13.8 Å². The number of ketones is 1. The number of carbonyl (C=O) groups excluding carboxylic acids is 5. The lowest BCUT2D eigenvalue weighted by molar-refractivity contribution is -0.146. The van der Waals surface area contributed by atoms with Crippen molar-refractivity contribution in [2.75, 3.05) is 25.5 Å². The largest absolute Gasteiger partial charge is 0.454 e. The van der Waals surface area contributed by atoms with Crippen LogP contribution in [-0.2, 0) is 19.1 Å². The van der Waals surface area contributed by atoms with Gasteiger partial charge >= 0.3 is 12.0 Å². The normalized spacial score (nSPS) is 14.8. The summed E-state index contributed by atoms with van der Waals surface area (Å²) in [5.74, 6) is -1.53. The van der Waals surface area contributed by atoms with Gasteiger partial charge in [0.2, 0.25) is 17.6 Å². The van der Waals surface area contributed by atoms with Crippen molar-refractivity contribution >= 4 is 35.3 Å². The van der Waals surface area contributed by atoms with Crippen LogP contribution in [0.3, 0.4) is 0 Å². The lowest BCUT2D eigenvalue weighted by atomic mass is 10.1. The molecule has 1 N–H and O–H groups in total. The number of amides is 4. The molecular weight excluding hydrogens is 390 g/mol. The molecule has 1 fully saturated rings. The Labute approximate surface area is 175 Å². The van der Waals surface area contributed by atoms with Crippen molar-refractivity contribution in [3.8, 4) is 0 Å². The molecule has 0 radical (unpaired) electrons. The van der Waals surface area contributed by atoms with Gasteiger partial charge < -0.3 is 15.0 Å². The summed E-state index contributed by atoms with van der Waals surface area (Å²) < 4.78 is 5.18. The highest BCUT2D eigenvalue weighted by Gasteiger charge is 2.33. The lowest BCUT2D eigenvalue weighted by Gasteiger charge is -2.15. The number of hydrogen-bond donors (Lipinski definition) is 1. The second-order valence-corrected chi connectivity index (χ2v) is 7.51. The van der Waals surface area contributed by atoms with Gasteiger partial charge in [-0.15, -0.1) is 0 Å². The number of benzene rings is 1. The Morgan fingerprint density at radius 1 is 1.10 bits per heavy atom. The molecule has 1 aromatic carbocycles. The summed E-state index contributed by atoms with van der Waals surface area (Å²) in [7, 11) is 1.53. The van der Waals surface area contributed by atoms with Crippen LogP contribution in [0.5, 0.6) is 0 Å². The van der Waals surface area contributed by atoms with E-state index >= 15 is 0 Å². The van der Waals surface area contributed by atoms with Crippen molar-refractivity contribution in [2.45, 2.75) is 39.7 Å². The van der Waals surface area contributed by atoms with E-state index in [9.17, 15) is 24.0 Å². The number of anilines is 1. The smallest absolute Gasteiger partial charge is 0.326 e. The third kappa shape index (κ3) is 5.88. The lowest BCUT2D eigenvalue weighted by Crippen LogP contribution is -2.33. The van der Waals surface area contributed by atoms with E-state index in [0.29, 0.717) is 11.3 Å². The van der Waals surface area contributed by atoms with E-state index in [1.807, 2.05) is 0 Å². The molecule has 1 atom stereocenters. The van der Waals surface area contributed by atoms with Gasteiger partial charge in [-0.3, -0.25) is 24.1 Å². The second-order valence-electron chi connectivity index (χ2n) is 7.51. The van der Waals surface area contributed by atoms with Gasteiger partial charge in [0.1, 0.15) is 6.54 Å². The van der Waals surface area contributed by atoms with Crippen molar-refractivity contribution in [1.82, 2.24) is 9.80 Å². The fourth-order valence-corrected chi connectivity index (χ4v) is 2.82. The zero-order chi connectivity index (χ0) is 22.4. The van der Waals surface area contributed by atoms with Gasteiger partial charge in [0.25, 0.3) is 0 Å². The molecule has 0 aliphatic carbocycles. The summed E-state index contributed by atoms with van der Waals surface area (Å²) in [6.45, 7) is 5.21. The molecule has 1 aliphatic rings. The van der Waals surface area contributed by atoms with Crippen molar-refractivity contribution in [1.29, 1.82) is 0 Å². The number of esters is 1. The number of nitrogens with zero attached hydrogens (tertiary/aromatic N) is 2. The van der Waals surface area contributed by atoms with Crippen LogP contribution in [-0.4, -0.2) is 65.6 Å². The van der Waals surface area contributed by atoms with E-state index < -0.39 is 12.1 Å². The summed E-state index contributed by atoms with van der Waals surface area (Å²) in [4.78, 5) is 62.0. The number of likely N-dealkylation sites (N-methyl/N-ethyl adjacent to an activating group) is 1. The average Bonchev–Trinajstić information content (AvgIpc) is 2.93. The van der Waals surface area contributed by atoms with Gasteiger partial charge in [-0.05, 0) is 37.6 Å². The summed E-state index contributed by atoms with van der Waals surface area (Å²) in [6, 6.07) is 5.96. The van der Waals surface area contributed by atoms with Crippen LogP contribution in [0.4, 0.5) is 10.5 Å². The van der Waals surface area contributed by atoms with Gasteiger partial charge in [0.05, 0.1) is 0 Å². The summed E-state index contributed by atoms with van der Waals surface area (Å²) in [6.07, 6.45) is -0.733. The molecule has 30 heavy (non-hydrogen) atoms. The Hall–Kier alpha value is -3.23. The molecule has 1 heterocycles. The maximum Gasteiger partial charge on any atom is 0.326 e. The minimum atomic E-state index is -0.977. The van der Waals surface area contributed by atoms with Gasteiger partial charge in [-0.2, -0.15) is 0 Å². The number of imide groups is 1. The van der Waals surface area contributed by atoms with Crippen LogP contribution in [0.2, 0.25) is 0 Å². The van der Waals surface area contributed by atoms with E-state index in [1.54, 1.807) is 38.1 Å². The Morgan fingerprint density at radius 2 is 1.73 bits per heavy atom. The number of urea groups is 1. The number of ether oxygens (including phenoxy) is 1. The highest BCUT2D eigenvalue weighted by molar-refractivity contribution is 6.02. The second kappa shape index (κ2) is 10.00. The van der Waals surface area contributed by atoms with E-state index in [2.05, 4.69) is 5.32 Å². The summed E-state index contributed by atoms with van der Waals surface area (Å²) in [5, 5.41) is 2.73. The minimum absolute atomic E-state index is 0.0153. The summed E-state index contributed by atoms with van der Waals surface area (Å²) in [5.41, 5.74) is 0.931. The molecule has 4 amide bonds. The van der Waals surface area contributed by atoms with E-state index in [-0.39, 0.29) is 55.5 Å². The fraction of sp³-hybridized carbons (Fsp3) is 0.476. The number of Topliss-reactive ketones (excluding diaryl/α,β-unsaturated/α-hetero) is 1. The topological polar surface area (TPSA) is 113 Å². The Bertz CT molecular complexity index is 834. The maximum absolute atomic E-state index is 12.5. The molecule has 1 aromatic rings. The van der Waals surface area contributed by atoms with Gasteiger partial charge in [-0.25, -0.2) is 4.79 Å². The van der Waals surface area contributed by atoms with Crippen molar-refractivity contribution < 1.29 is 28.7 Å². The molecule has 0 saturated carbocycles. The van der Waals surface area contributed by atoms with E-state index in [4.69, 9.17) is 4.74 Å². The van der Waals surface area contributed by atoms with E-state index in [0.717, 1.165) is 4.90 Å². The quantitative estimate of drug-likeness (QED) is 0.374. The first-order chi connectivity index (χ1) is 14.1. The Morgan fingerprint density at radius 3 is 2.27 bits per heavy atom. The van der Waals surface area contributed by atoms with Gasteiger partial charge in [0.15, 0.2) is 6.10 Å². The number of carbonyl (C=O) groups is 5. The summed E-state index contributed by atoms with van der Waals surface area (Å²) >= 11 is 0. The molecule has 1 aliphatic heterocycles. The third-order valence-corrected chi connectivity index (χ3v) is 4.63. The SMILES string of the molecule is CC(C)C(=O)Nc1ccc(C(=O)[C@@H](C)OC(=O)CCCN2C(=O)CN(C)C2=O)cc1. The minimum Gasteiger partial charge on any atom is -0.454 e. The molecule has 0 spiro atoms. The molecule has 0 bridgehead atoms. The molecule has 1 saturated heterocycles. The predicted octanol–water partition coefficient (Wildman–Crippen LogP) is 2.07. The Balaban J connectivity index is 1.80. The highest BCUT2D eigenvalue weighted by atomic mass is 16.5. The number of hydrogen-bond acceptors (Lipinski definition) is 6. The molecule has 2 rings (SSSR count). The molecule has 162 valence electrons. The number of rotatable bonds is 9. The van der Waals surface area contributed by atoms with Gasteiger partial charge in [0, 0.05) is 37.2 Å². The average molecular weight is 417 g/mol. The van der Waals surface area contributed by atoms with Crippen molar-refractivity contribution in [3.05, 3.63) is 29.8 Å². The number of nitrogens with one attached hydrogen (secondary N) is 1. The monoisotopic (exact) mass is 417 g/mol. The molecule has 0 aromatic heterocycles. The standard InChI is InChI=1S/C21H27N3O6/c1-13(2)20(28)22-16-9-7-15(8-10-16)19(27)14(3)30-18(26)6-5-11-24-17(25)12-23(4)21(24)29/h7-10,13-14H,5-6,11-12H2,1-4H3,(H,22,28)/t14-/m1/s1.